The largest absolute Gasteiger partial charge is 0.303 e. The average Bonchev–Trinajstić information content (AvgIpc) is 2.47. The van der Waals surface area contributed by atoms with Crippen LogP contribution in [-0.2, 0) is 6.42 Å². The lowest BCUT2D eigenvalue weighted by molar-refractivity contribution is 0.343. The summed E-state index contributed by atoms with van der Waals surface area (Å²) in [4.78, 5) is 0. The van der Waals surface area contributed by atoms with Gasteiger partial charge in [-0.05, 0) is 44.2 Å². The number of hydrogen-bond donors (Lipinski definition) is 1. The smallest absolute Gasteiger partial charge is 0.0447 e. The highest BCUT2D eigenvalue weighted by atomic mass is 32.2. The van der Waals surface area contributed by atoms with Crippen molar-refractivity contribution in [1.29, 1.82) is 0 Å². The van der Waals surface area contributed by atoms with Crippen LogP contribution in [-0.4, -0.2) is 16.5 Å². The third kappa shape index (κ3) is 2.25. The number of benzene rings is 1. The topological polar surface area (TPSA) is 12.0 Å². The van der Waals surface area contributed by atoms with Crippen molar-refractivity contribution >= 4 is 11.8 Å². The molecule has 2 unspecified atom stereocenters. The first kappa shape index (κ1) is 11.6. The van der Waals surface area contributed by atoms with Crippen molar-refractivity contribution in [3.63, 3.8) is 0 Å². The lowest BCUT2D eigenvalue weighted by Gasteiger charge is -2.42. The molecule has 1 aromatic carbocycles. The molecule has 1 aliphatic carbocycles. The fourth-order valence-corrected chi connectivity index (χ4v) is 4.51. The van der Waals surface area contributed by atoms with Crippen LogP contribution in [0.15, 0.2) is 24.3 Å². The molecule has 1 heterocycles. The molecule has 1 N–H and O–H groups in total. The van der Waals surface area contributed by atoms with Gasteiger partial charge in [0.25, 0.3) is 0 Å². The maximum Gasteiger partial charge on any atom is 0.0447 e. The number of hydrogen-bond acceptors (Lipinski definition) is 2. The van der Waals surface area contributed by atoms with E-state index in [9.17, 15) is 0 Å². The Balaban J connectivity index is 1.98. The Labute approximate surface area is 108 Å². The maximum atomic E-state index is 3.87. The predicted molar refractivity (Wildman–Crippen MR) is 75.6 cm³/mol. The second-order valence-electron chi connectivity index (χ2n) is 5.95. The number of nitrogens with one attached hydrogen (secondary N) is 1. The molecule has 1 aromatic rings. The molecule has 1 saturated heterocycles. The summed E-state index contributed by atoms with van der Waals surface area (Å²) in [6.45, 7) is 4.65. The summed E-state index contributed by atoms with van der Waals surface area (Å²) in [6.07, 6.45) is 3.95. The van der Waals surface area contributed by atoms with Crippen molar-refractivity contribution in [2.24, 2.45) is 0 Å². The molecule has 2 atom stereocenters. The van der Waals surface area contributed by atoms with Crippen LogP contribution in [0.3, 0.4) is 0 Å². The standard InChI is InChI=1S/C15H21NS/c1-15(2)10-17-13-9-5-7-11-6-3-4-8-12(11)14(13)16-15/h3-4,6,8,13-14,16H,5,7,9-10H2,1-2H3. The molecule has 1 aliphatic heterocycles. The van der Waals surface area contributed by atoms with Gasteiger partial charge in [-0.1, -0.05) is 24.3 Å². The van der Waals surface area contributed by atoms with E-state index in [1.54, 1.807) is 11.1 Å². The van der Waals surface area contributed by atoms with E-state index >= 15 is 0 Å². The van der Waals surface area contributed by atoms with Crippen molar-refractivity contribution in [2.75, 3.05) is 5.75 Å². The minimum Gasteiger partial charge on any atom is -0.303 e. The van der Waals surface area contributed by atoms with Gasteiger partial charge in [0, 0.05) is 22.6 Å². The summed E-state index contributed by atoms with van der Waals surface area (Å²) in [5.74, 6) is 1.23. The molecule has 0 saturated carbocycles. The van der Waals surface area contributed by atoms with Crippen molar-refractivity contribution in [1.82, 2.24) is 5.32 Å². The van der Waals surface area contributed by atoms with Crippen molar-refractivity contribution in [2.45, 2.75) is 49.9 Å². The van der Waals surface area contributed by atoms with Crippen LogP contribution in [0.2, 0.25) is 0 Å². The molecule has 2 aliphatic rings. The number of rotatable bonds is 0. The fraction of sp³-hybridized carbons (Fsp3) is 0.600. The number of thioether (sulfide) groups is 1. The first-order valence-electron chi connectivity index (χ1n) is 6.63. The quantitative estimate of drug-likeness (QED) is 0.752. The Kier molecular flexibility index (Phi) is 2.95. The molecule has 0 amide bonds. The van der Waals surface area contributed by atoms with E-state index in [2.05, 4.69) is 55.2 Å². The van der Waals surface area contributed by atoms with E-state index in [0.29, 0.717) is 6.04 Å². The zero-order chi connectivity index (χ0) is 11.9. The summed E-state index contributed by atoms with van der Waals surface area (Å²) in [7, 11) is 0. The molecule has 1 nitrogen and oxygen atoms in total. The van der Waals surface area contributed by atoms with Crippen molar-refractivity contribution < 1.29 is 0 Å². The highest BCUT2D eigenvalue weighted by molar-refractivity contribution is 8.00. The third-order valence-electron chi connectivity index (χ3n) is 3.90. The molecule has 3 rings (SSSR count). The normalized spacial score (nSPS) is 31.2. The van der Waals surface area contributed by atoms with E-state index in [-0.39, 0.29) is 5.54 Å². The Hall–Kier alpha value is -0.470. The van der Waals surface area contributed by atoms with Crippen LogP contribution in [0, 0.1) is 0 Å². The fourth-order valence-electron chi connectivity index (χ4n) is 3.05. The Morgan fingerprint density at radius 1 is 1.29 bits per heavy atom. The van der Waals surface area contributed by atoms with Gasteiger partial charge in [-0.2, -0.15) is 11.8 Å². The zero-order valence-electron chi connectivity index (χ0n) is 10.7. The highest BCUT2D eigenvalue weighted by Crippen LogP contribution is 2.41. The number of fused-ring (bicyclic) bond motifs is 3. The zero-order valence-corrected chi connectivity index (χ0v) is 11.5. The summed E-state index contributed by atoms with van der Waals surface area (Å²) in [5, 5.41) is 4.64. The van der Waals surface area contributed by atoms with Gasteiger partial charge < -0.3 is 5.32 Å². The lowest BCUT2D eigenvalue weighted by Crippen LogP contribution is -2.51. The summed E-state index contributed by atoms with van der Waals surface area (Å²) >= 11 is 2.17. The van der Waals surface area contributed by atoms with Gasteiger partial charge in [0.1, 0.15) is 0 Å². The highest BCUT2D eigenvalue weighted by Gasteiger charge is 2.37. The Morgan fingerprint density at radius 3 is 3.00 bits per heavy atom. The first-order chi connectivity index (χ1) is 8.16. The van der Waals surface area contributed by atoms with Gasteiger partial charge in [0.05, 0.1) is 0 Å². The summed E-state index contributed by atoms with van der Waals surface area (Å²) in [5.41, 5.74) is 3.38. The molecule has 17 heavy (non-hydrogen) atoms. The third-order valence-corrected chi connectivity index (χ3v) is 5.73. The molecule has 0 radical (unpaired) electrons. The van der Waals surface area contributed by atoms with E-state index in [0.717, 1.165) is 5.25 Å². The van der Waals surface area contributed by atoms with Gasteiger partial charge in [-0.25, -0.2) is 0 Å². The van der Waals surface area contributed by atoms with E-state index in [1.807, 2.05) is 0 Å². The predicted octanol–water partition coefficient (Wildman–Crippen LogP) is 3.55. The van der Waals surface area contributed by atoms with Gasteiger partial charge in [-0.3, -0.25) is 0 Å². The summed E-state index contributed by atoms with van der Waals surface area (Å²) in [6, 6.07) is 9.57. The van der Waals surface area contributed by atoms with Gasteiger partial charge in [0.2, 0.25) is 0 Å². The SMILES string of the molecule is CC1(C)CSC2CCCc3ccccc3C2N1. The summed E-state index contributed by atoms with van der Waals surface area (Å²) < 4.78 is 0. The number of aryl methyl sites for hydroxylation is 1. The molecular weight excluding hydrogens is 226 g/mol. The minimum absolute atomic E-state index is 0.267. The van der Waals surface area contributed by atoms with E-state index < -0.39 is 0 Å². The van der Waals surface area contributed by atoms with Gasteiger partial charge >= 0.3 is 0 Å². The molecular formula is C15H21NS. The van der Waals surface area contributed by atoms with Gasteiger partial charge in [0.15, 0.2) is 0 Å². The van der Waals surface area contributed by atoms with Crippen LogP contribution in [0.4, 0.5) is 0 Å². The van der Waals surface area contributed by atoms with E-state index in [1.165, 1.54) is 25.0 Å². The van der Waals surface area contributed by atoms with Crippen LogP contribution >= 0.6 is 11.8 Å². The Bertz CT molecular complexity index is 413. The second kappa shape index (κ2) is 4.33. The molecule has 1 fully saturated rings. The van der Waals surface area contributed by atoms with Crippen LogP contribution in [0.5, 0.6) is 0 Å². The van der Waals surface area contributed by atoms with Crippen LogP contribution < -0.4 is 5.32 Å². The Morgan fingerprint density at radius 2 is 2.12 bits per heavy atom. The monoisotopic (exact) mass is 247 g/mol. The minimum atomic E-state index is 0.267. The van der Waals surface area contributed by atoms with Gasteiger partial charge in [-0.15, -0.1) is 0 Å². The average molecular weight is 247 g/mol. The first-order valence-corrected chi connectivity index (χ1v) is 7.68. The molecule has 92 valence electrons. The molecule has 0 spiro atoms. The molecule has 2 heteroatoms. The second-order valence-corrected chi connectivity index (χ2v) is 7.17. The van der Waals surface area contributed by atoms with Crippen molar-refractivity contribution in [3.8, 4) is 0 Å². The lowest BCUT2D eigenvalue weighted by atomic mass is 9.95. The van der Waals surface area contributed by atoms with E-state index in [4.69, 9.17) is 0 Å². The van der Waals surface area contributed by atoms with Crippen molar-refractivity contribution in [3.05, 3.63) is 35.4 Å². The molecule has 0 aromatic heterocycles. The maximum absolute atomic E-state index is 3.87. The molecule has 0 bridgehead atoms. The van der Waals surface area contributed by atoms with Crippen LogP contribution in [0.1, 0.15) is 43.9 Å². The van der Waals surface area contributed by atoms with Crippen LogP contribution in [0.25, 0.3) is 0 Å².